The predicted molar refractivity (Wildman–Crippen MR) is 177 cm³/mol. The largest absolute Gasteiger partial charge is 0.479 e. The summed E-state index contributed by atoms with van der Waals surface area (Å²) in [6.45, 7) is 0.503. The molecule has 298 valence electrons. The number of carbonyl (C=O) groups excluding carboxylic acids is 1. The number of non-ortho nitro benzene ring substituents is 1. The third kappa shape index (κ3) is 10.0. The fourth-order valence-corrected chi connectivity index (χ4v) is 7.27. The van der Waals surface area contributed by atoms with Crippen LogP contribution in [0.3, 0.4) is 0 Å². The van der Waals surface area contributed by atoms with E-state index in [1.54, 1.807) is 0 Å². The summed E-state index contributed by atoms with van der Waals surface area (Å²) in [5.74, 6) is -1.81. The van der Waals surface area contributed by atoms with Gasteiger partial charge >= 0.3 is 5.97 Å². The zero-order valence-electron chi connectivity index (χ0n) is 29.2. The molecule has 53 heavy (non-hydrogen) atoms. The molecule has 4 fully saturated rings. The van der Waals surface area contributed by atoms with Gasteiger partial charge < -0.3 is 69.5 Å². The normalized spacial score (nSPS) is 37.5. The van der Waals surface area contributed by atoms with Gasteiger partial charge in [0, 0.05) is 30.8 Å². The van der Waals surface area contributed by atoms with E-state index in [-0.39, 0.29) is 43.2 Å². The zero-order valence-corrected chi connectivity index (χ0v) is 29.2. The highest BCUT2D eigenvalue weighted by Gasteiger charge is 2.51. The Morgan fingerprint density at radius 1 is 0.887 bits per heavy atom. The number of nitro benzene ring substituents is 1. The average molecular weight is 759 g/mol. The summed E-state index contributed by atoms with van der Waals surface area (Å²) in [6, 6.07) is 4.88. The molecule has 1 aromatic carbocycles. The smallest absolute Gasteiger partial charge is 0.332 e. The molecule has 1 aliphatic carbocycles. The van der Waals surface area contributed by atoms with Crippen LogP contribution in [-0.2, 0) is 33.2 Å². The van der Waals surface area contributed by atoms with Crippen molar-refractivity contribution in [2.24, 2.45) is 5.92 Å². The number of aliphatic hydroxyl groups is 6. The first-order chi connectivity index (χ1) is 25.3. The quantitative estimate of drug-likeness (QED) is 0.0830. The van der Waals surface area contributed by atoms with E-state index in [1.807, 2.05) is 0 Å². The Morgan fingerprint density at radius 2 is 1.57 bits per heavy atom. The first-order valence-corrected chi connectivity index (χ1v) is 17.9. The van der Waals surface area contributed by atoms with Crippen molar-refractivity contribution in [1.29, 1.82) is 0 Å². The maximum absolute atomic E-state index is 13.0. The number of carboxylic acid groups (broad SMARTS) is 1. The first kappa shape index (κ1) is 41.2. The van der Waals surface area contributed by atoms with Gasteiger partial charge in [0.15, 0.2) is 18.7 Å². The molecule has 19 heteroatoms. The number of rotatable bonds is 14. The first-order valence-electron chi connectivity index (χ1n) is 17.9. The number of carboxylic acids is 1. The van der Waals surface area contributed by atoms with Gasteiger partial charge in [0.25, 0.3) is 11.6 Å². The number of amides is 1. The summed E-state index contributed by atoms with van der Waals surface area (Å²) in [5.41, 5.74) is -0.105. The standard InChI is InChI=1S/C34H50N2O17/c1-16-24(38)26(40)27(41)33(49-16)53-29-20(11-12-48-22(29)14-35-31(43)18-7-9-19(10-8-18)36(46)47)51-34-28(42)30(25(39)23(15-37)52-34)50-21(32(44)45)13-17-5-3-2-4-6-17/h7-10,16-17,20-30,33-34,37-42H,2-6,11-15H2,1H3,(H,35,43)(H,44,45)/t16-,20+,21?,22+,23+,24+,25-,26+,27-,28+,29-,30-,33-,34+/m0/s1. The number of nitrogens with one attached hydrogen (secondary N) is 1. The molecule has 3 aliphatic heterocycles. The highest BCUT2D eigenvalue weighted by Crippen LogP contribution is 2.34. The number of carbonyl (C=O) groups is 2. The van der Waals surface area contributed by atoms with Gasteiger partial charge in [-0.05, 0) is 37.8 Å². The second-order valence-electron chi connectivity index (χ2n) is 14.0. The SMILES string of the molecule is C[C@@H]1O[C@@H](O[C@@H]2[C@@H](CNC(=O)c3ccc([N+](=O)[O-])cc3)OCC[C@H]2O[C@@H]2O[C@H](CO)[C@H](O)[C@H](OC(CC3CCCCC3)C(=O)O)[C@H]2O)[C@@H](O)[C@H](O)[C@@H]1O. The van der Waals surface area contributed by atoms with Crippen molar-refractivity contribution in [2.45, 2.75) is 138 Å². The van der Waals surface area contributed by atoms with Crippen LogP contribution in [0.5, 0.6) is 0 Å². The van der Waals surface area contributed by atoms with Crippen molar-refractivity contribution in [3.63, 3.8) is 0 Å². The lowest BCUT2D eigenvalue weighted by atomic mass is 9.85. The molecule has 5 rings (SSSR count). The lowest BCUT2D eigenvalue weighted by Gasteiger charge is -2.47. The minimum atomic E-state index is -1.77. The molecule has 0 spiro atoms. The van der Waals surface area contributed by atoms with Crippen LogP contribution in [0.25, 0.3) is 0 Å². The monoisotopic (exact) mass is 758 g/mol. The molecule has 3 saturated heterocycles. The molecular formula is C34H50N2O17. The zero-order chi connectivity index (χ0) is 38.4. The molecule has 1 saturated carbocycles. The molecular weight excluding hydrogens is 708 g/mol. The third-order valence-corrected chi connectivity index (χ3v) is 10.4. The third-order valence-electron chi connectivity index (χ3n) is 10.4. The highest BCUT2D eigenvalue weighted by molar-refractivity contribution is 5.94. The molecule has 8 N–H and O–H groups in total. The van der Waals surface area contributed by atoms with Gasteiger partial charge in [-0.15, -0.1) is 0 Å². The molecule has 19 nitrogen and oxygen atoms in total. The molecule has 14 atom stereocenters. The van der Waals surface area contributed by atoms with Crippen LogP contribution in [-0.4, -0.2) is 158 Å². The number of aliphatic carboxylic acids is 1. The van der Waals surface area contributed by atoms with Crippen molar-refractivity contribution in [3.05, 3.63) is 39.9 Å². The summed E-state index contributed by atoms with van der Waals surface area (Å²) in [6.07, 6.45) is -15.1. The van der Waals surface area contributed by atoms with Gasteiger partial charge in [0.05, 0.1) is 23.7 Å². The highest BCUT2D eigenvalue weighted by atomic mass is 16.7. The Hall–Kier alpha value is -2.92. The number of hydrogen-bond acceptors (Lipinski definition) is 16. The van der Waals surface area contributed by atoms with Crippen LogP contribution in [0.15, 0.2) is 24.3 Å². The molecule has 1 amide bonds. The van der Waals surface area contributed by atoms with E-state index in [1.165, 1.54) is 31.2 Å². The van der Waals surface area contributed by atoms with Gasteiger partial charge in [-0.1, -0.05) is 32.1 Å². The molecule has 0 radical (unpaired) electrons. The number of ether oxygens (including phenoxy) is 6. The van der Waals surface area contributed by atoms with Gasteiger partial charge in [0.2, 0.25) is 0 Å². The van der Waals surface area contributed by atoms with Crippen molar-refractivity contribution in [1.82, 2.24) is 5.32 Å². The van der Waals surface area contributed by atoms with Crippen molar-refractivity contribution in [3.8, 4) is 0 Å². The van der Waals surface area contributed by atoms with Gasteiger partial charge in [-0.25, -0.2) is 4.79 Å². The van der Waals surface area contributed by atoms with E-state index >= 15 is 0 Å². The van der Waals surface area contributed by atoms with Crippen LogP contribution in [0.2, 0.25) is 0 Å². The minimum absolute atomic E-state index is 0.0195. The topological polar surface area (TPSA) is 286 Å². The maximum atomic E-state index is 13.0. The Kier molecular flexibility index (Phi) is 14.5. The van der Waals surface area contributed by atoms with Crippen LogP contribution in [0.4, 0.5) is 5.69 Å². The molecule has 1 aromatic rings. The number of nitro groups is 1. The number of hydrogen-bond donors (Lipinski definition) is 8. The fourth-order valence-electron chi connectivity index (χ4n) is 7.27. The fraction of sp³-hybridized carbons (Fsp3) is 0.765. The van der Waals surface area contributed by atoms with E-state index in [0.717, 1.165) is 32.1 Å². The Balaban J connectivity index is 1.34. The second kappa shape index (κ2) is 18.6. The van der Waals surface area contributed by atoms with E-state index in [9.17, 15) is 55.4 Å². The molecule has 1 unspecified atom stereocenters. The van der Waals surface area contributed by atoms with Crippen molar-refractivity contribution in [2.75, 3.05) is 19.8 Å². The Morgan fingerprint density at radius 3 is 2.21 bits per heavy atom. The second-order valence-corrected chi connectivity index (χ2v) is 14.0. The van der Waals surface area contributed by atoms with Crippen LogP contribution < -0.4 is 5.32 Å². The van der Waals surface area contributed by atoms with E-state index in [2.05, 4.69) is 5.32 Å². The summed E-state index contributed by atoms with van der Waals surface area (Å²) in [7, 11) is 0. The molecule has 3 heterocycles. The van der Waals surface area contributed by atoms with E-state index in [0.29, 0.717) is 0 Å². The number of benzene rings is 1. The molecule has 0 bridgehead atoms. The van der Waals surface area contributed by atoms with Gasteiger partial charge in [-0.2, -0.15) is 0 Å². The summed E-state index contributed by atoms with van der Waals surface area (Å²) < 4.78 is 35.5. The van der Waals surface area contributed by atoms with Crippen molar-refractivity contribution >= 4 is 17.6 Å². The lowest BCUT2D eigenvalue weighted by Crippen LogP contribution is -2.64. The Bertz CT molecular complexity index is 1360. The maximum Gasteiger partial charge on any atom is 0.332 e. The van der Waals surface area contributed by atoms with Gasteiger partial charge in [-0.3, -0.25) is 14.9 Å². The Labute approximate surface area is 304 Å². The average Bonchev–Trinajstić information content (AvgIpc) is 3.15. The van der Waals surface area contributed by atoms with Gasteiger partial charge in [0.1, 0.15) is 54.9 Å². The van der Waals surface area contributed by atoms with Crippen LogP contribution in [0.1, 0.15) is 62.2 Å². The number of nitrogens with zero attached hydrogens (tertiary/aromatic N) is 1. The molecule has 0 aromatic heterocycles. The lowest BCUT2D eigenvalue weighted by molar-refractivity contribution is -0.384. The van der Waals surface area contributed by atoms with E-state index in [4.69, 9.17) is 28.4 Å². The number of aliphatic hydroxyl groups excluding tert-OH is 6. The minimum Gasteiger partial charge on any atom is -0.479 e. The van der Waals surface area contributed by atoms with Crippen LogP contribution in [0, 0.1) is 16.0 Å². The van der Waals surface area contributed by atoms with Crippen molar-refractivity contribution < 1.29 is 78.7 Å². The summed E-state index contributed by atoms with van der Waals surface area (Å²) >= 11 is 0. The predicted octanol–water partition coefficient (Wildman–Crippen LogP) is -1.04. The van der Waals surface area contributed by atoms with E-state index < -0.39 is 109 Å². The summed E-state index contributed by atoms with van der Waals surface area (Å²) in [4.78, 5) is 35.7. The van der Waals surface area contributed by atoms with Crippen LogP contribution >= 0.6 is 0 Å². The molecule has 4 aliphatic rings. The summed E-state index contributed by atoms with van der Waals surface area (Å²) in [5, 5.41) is 87.6.